The van der Waals surface area contributed by atoms with Crippen LogP contribution in [0.25, 0.3) is 0 Å². The van der Waals surface area contributed by atoms with Gasteiger partial charge in [0.2, 0.25) is 0 Å². The summed E-state index contributed by atoms with van der Waals surface area (Å²) in [7, 11) is 0. The Labute approximate surface area is 154 Å². The zero-order chi connectivity index (χ0) is 18.8. The molecule has 0 radical (unpaired) electrons. The van der Waals surface area contributed by atoms with Crippen molar-refractivity contribution in [2.24, 2.45) is 0 Å². The normalized spacial score (nSPS) is 12.2. The Hall–Kier alpha value is -0.710. The van der Waals surface area contributed by atoms with Crippen LogP contribution in [0.5, 0.6) is 0 Å². The van der Waals surface area contributed by atoms with Gasteiger partial charge >= 0.3 is 0 Å². The first-order valence-corrected chi connectivity index (χ1v) is 10.2. The Kier molecular flexibility index (Phi) is 16.3. The molecule has 0 bridgehead atoms. The second-order valence-electron chi connectivity index (χ2n) is 7.11. The summed E-state index contributed by atoms with van der Waals surface area (Å²) in [6.45, 7) is 0.817. The van der Waals surface area contributed by atoms with Crippen LogP contribution in [0.2, 0.25) is 0 Å². The highest BCUT2D eigenvalue weighted by Gasteiger charge is 2.33. The number of carbonyl (C=O) groups excluding carboxylic acids is 1. The quantitative estimate of drug-likeness (QED) is 0.253. The molecule has 0 amide bonds. The van der Waals surface area contributed by atoms with Gasteiger partial charge in [0.1, 0.15) is 0 Å². The third-order valence-electron chi connectivity index (χ3n) is 4.71. The average molecular weight is 357 g/mol. The van der Waals surface area contributed by atoms with E-state index in [-0.39, 0.29) is 6.42 Å². The lowest BCUT2D eigenvalue weighted by molar-refractivity contribution is -0.146. The molecule has 0 aromatic rings. The number of hydrogen-bond donors (Lipinski definition) is 3. The van der Waals surface area contributed by atoms with Crippen LogP contribution >= 0.6 is 0 Å². The number of hydrogen-bond acceptors (Lipinski definition) is 4. The van der Waals surface area contributed by atoms with Gasteiger partial charge in [-0.25, -0.2) is 0 Å². The highest BCUT2D eigenvalue weighted by Crippen LogP contribution is 2.13. The molecule has 4 heteroatoms. The monoisotopic (exact) mass is 356 g/mol. The molecule has 4 nitrogen and oxygen atoms in total. The maximum Gasteiger partial charge on any atom is 0.169 e. The molecule has 0 aliphatic heterocycles. The van der Waals surface area contributed by atoms with Crippen LogP contribution in [0.4, 0.5) is 0 Å². The van der Waals surface area contributed by atoms with Crippen molar-refractivity contribution in [2.45, 2.75) is 102 Å². The van der Waals surface area contributed by atoms with Crippen LogP contribution in [-0.4, -0.2) is 39.9 Å². The van der Waals surface area contributed by atoms with E-state index in [0.29, 0.717) is 6.42 Å². The SMILES string of the molecule is CCCCCCCC/C=C\CCCCCCCC(=O)C(O)(CO)CO. The lowest BCUT2D eigenvalue weighted by Crippen LogP contribution is -2.45. The van der Waals surface area contributed by atoms with E-state index in [0.717, 1.165) is 25.7 Å². The molecule has 0 saturated carbocycles. The van der Waals surface area contributed by atoms with Gasteiger partial charge in [-0.3, -0.25) is 4.79 Å². The molecule has 0 aromatic heterocycles. The maximum atomic E-state index is 11.7. The van der Waals surface area contributed by atoms with Gasteiger partial charge in [0.15, 0.2) is 11.4 Å². The largest absolute Gasteiger partial charge is 0.393 e. The van der Waals surface area contributed by atoms with E-state index in [1.807, 2.05) is 0 Å². The number of allylic oxidation sites excluding steroid dienone is 2. The Bertz CT molecular complexity index is 335. The molecule has 0 saturated heterocycles. The molecular weight excluding hydrogens is 316 g/mol. The van der Waals surface area contributed by atoms with E-state index in [1.165, 1.54) is 51.4 Å². The summed E-state index contributed by atoms with van der Waals surface area (Å²) in [4.78, 5) is 11.7. The number of rotatable bonds is 18. The predicted octanol–water partition coefficient (Wildman–Crippen LogP) is 4.31. The van der Waals surface area contributed by atoms with E-state index in [9.17, 15) is 9.90 Å². The lowest BCUT2D eigenvalue weighted by atomic mass is 9.95. The molecule has 0 unspecified atom stereocenters. The number of Topliss-reactive ketones (excluding diaryl/α,β-unsaturated/α-hetero) is 1. The molecule has 3 N–H and O–H groups in total. The Balaban J connectivity index is 3.39. The third kappa shape index (κ3) is 13.2. The summed E-state index contributed by atoms with van der Waals surface area (Å²) < 4.78 is 0. The first-order chi connectivity index (χ1) is 12.1. The fourth-order valence-electron chi connectivity index (χ4n) is 2.82. The predicted molar refractivity (Wildman–Crippen MR) is 104 cm³/mol. The van der Waals surface area contributed by atoms with Gasteiger partial charge in [-0.05, 0) is 32.1 Å². The summed E-state index contributed by atoms with van der Waals surface area (Å²) in [5, 5.41) is 27.5. The Morgan fingerprint density at radius 1 is 0.760 bits per heavy atom. The van der Waals surface area contributed by atoms with E-state index in [4.69, 9.17) is 10.2 Å². The minimum Gasteiger partial charge on any atom is -0.393 e. The average Bonchev–Trinajstić information content (AvgIpc) is 2.63. The Morgan fingerprint density at radius 3 is 1.68 bits per heavy atom. The van der Waals surface area contributed by atoms with Crippen molar-refractivity contribution in [2.75, 3.05) is 13.2 Å². The van der Waals surface area contributed by atoms with Gasteiger partial charge in [0.25, 0.3) is 0 Å². The van der Waals surface area contributed by atoms with Crippen LogP contribution in [0.3, 0.4) is 0 Å². The molecule has 0 rings (SSSR count). The molecule has 0 heterocycles. The standard InChI is InChI=1S/C21H40O4/c1-2-3-4-5-6-7-8-9-10-11-12-13-14-15-16-17-20(24)21(25,18-22)19-23/h9-10,22-23,25H,2-8,11-19H2,1H3/b10-9-. The van der Waals surface area contributed by atoms with Gasteiger partial charge < -0.3 is 15.3 Å². The van der Waals surface area contributed by atoms with Crippen molar-refractivity contribution in [1.82, 2.24) is 0 Å². The molecule has 0 spiro atoms. The van der Waals surface area contributed by atoms with Crippen LogP contribution in [0.15, 0.2) is 12.2 Å². The van der Waals surface area contributed by atoms with Crippen LogP contribution in [0, 0.1) is 0 Å². The molecule has 0 aliphatic carbocycles. The minimum atomic E-state index is -1.96. The summed E-state index contributed by atoms with van der Waals surface area (Å²) in [6, 6.07) is 0. The number of aliphatic hydroxyl groups excluding tert-OH is 2. The summed E-state index contributed by atoms with van der Waals surface area (Å²) in [5.74, 6) is -0.463. The molecule has 0 aliphatic rings. The molecule has 0 aromatic carbocycles. The van der Waals surface area contributed by atoms with Crippen LogP contribution < -0.4 is 0 Å². The lowest BCUT2D eigenvalue weighted by Gasteiger charge is -2.21. The van der Waals surface area contributed by atoms with E-state index >= 15 is 0 Å². The minimum absolute atomic E-state index is 0.218. The smallest absolute Gasteiger partial charge is 0.169 e. The second-order valence-corrected chi connectivity index (χ2v) is 7.11. The zero-order valence-corrected chi connectivity index (χ0v) is 16.2. The van der Waals surface area contributed by atoms with Gasteiger partial charge in [0, 0.05) is 6.42 Å². The Morgan fingerprint density at radius 2 is 1.20 bits per heavy atom. The van der Waals surface area contributed by atoms with Crippen molar-refractivity contribution in [3.8, 4) is 0 Å². The van der Waals surface area contributed by atoms with Crippen molar-refractivity contribution in [1.29, 1.82) is 0 Å². The first kappa shape index (κ1) is 24.3. The van der Waals surface area contributed by atoms with Gasteiger partial charge in [-0.2, -0.15) is 0 Å². The second kappa shape index (κ2) is 16.7. The highest BCUT2D eigenvalue weighted by atomic mass is 16.4. The molecule has 0 atom stereocenters. The first-order valence-electron chi connectivity index (χ1n) is 10.2. The highest BCUT2D eigenvalue weighted by molar-refractivity contribution is 5.87. The topological polar surface area (TPSA) is 77.8 Å². The van der Waals surface area contributed by atoms with Crippen molar-refractivity contribution < 1.29 is 20.1 Å². The molecule has 25 heavy (non-hydrogen) atoms. The number of unbranched alkanes of at least 4 members (excludes halogenated alkanes) is 11. The maximum absolute atomic E-state index is 11.7. The number of ketones is 1. The van der Waals surface area contributed by atoms with Gasteiger partial charge in [-0.15, -0.1) is 0 Å². The van der Waals surface area contributed by atoms with Crippen LogP contribution in [0.1, 0.15) is 96.8 Å². The van der Waals surface area contributed by atoms with Gasteiger partial charge in [-0.1, -0.05) is 70.4 Å². The summed E-state index contributed by atoms with van der Waals surface area (Å²) in [6.07, 6.45) is 20.3. The van der Waals surface area contributed by atoms with E-state index in [2.05, 4.69) is 19.1 Å². The van der Waals surface area contributed by atoms with E-state index < -0.39 is 24.6 Å². The third-order valence-corrected chi connectivity index (χ3v) is 4.71. The molecule has 0 fully saturated rings. The van der Waals surface area contributed by atoms with E-state index in [1.54, 1.807) is 0 Å². The van der Waals surface area contributed by atoms with Crippen molar-refractivity contribution in [3.63, 3.8) is 0 Å². The molecule has 148 valence electrons. The van der Waals surface area contributed by atoms with Crippen LogP contribution in [-0.2, 0) is 4.79 Å². The van der Waals surface area contributed by atoms with Gasteiger partial charge in [0.05, 0.1) is 13.2 Å². The van der Waals surface area contributed by atoms with Crippen molar-refractivity contribution in [3.05, 3.63) is 12.2 Å². The summed E-state index contributed by atoms with van der Waals surface area (Å²) in [5.41, 5.74) is -1.96. The fourth-order valence-corrected chi connectivity index (χ4v) is 2.82. The fraction of sp³-hybridized carbons (Fsp3) is 0.857. The van der Waals surface area contributed by atoms with Crippen molar-refractivity contribution >= 4 is 5.78 Å². The molecular formula is C21H40O4. The number of aliphatic hydroxyl groups is 3. The number of carbonyl (C=O) groups is 1. The zero-order valence-electron chi connectivity index (χ0n) is 16.2. The summed E-state index contributed by atoms with van der Waals surface area (Å²) >= 11 is 0.